The first kappa shape index (κ1) is 15.9. The number of rotatable bonds is 5. The van der Waals surface area contributed by atoms with Gasteiger partial charge in [0.2, 0.25) is 17.7 Å². The second kappa shape index (κ2) is 7.08. The maximum atomic E-state index is 12.0. The number of benzene rings is 2. The van der Waals surface area contributed by atoms with Crippen LogP contribution in [-0.4, -0.2) is 16.1 Å². The number of nitrogens with zero attached hydrogens (tertiary/aromatic N) is 2. The molecule has 2 aromatic carbocycles. The highest BCUT2D eigenvalue weighted by atomic mass is 16.4. The highest BCUT2D eigenvalue weighted by Gasteiger charge is 2.13. The van der Waals surface area contributed by atoms with E-state index in [-0.39, 0.29) is 11.8 Å². The van der Waals surface area contributed by atoms with Crippen LogP contribution in [0.2, 0.25) is 0 Å². The minimum atomic E-state index is -0.0262. The summed E-state index contributed by atoms with van der Waals surface area (Å²) in [6.45, 7) is 3.90. The lowest BCUT2D eigenvalue weighted by atomic mass is 10.1. The Morgan fingerprint density at radius 2 is 1.71 bits per heavy atom. The van der Waals surface area contributed by atoms with Crippen molar-refractivity contribution in [1.82, 2.24) is 10.2 Å². The molecule has 1 atom stereocenters. The molecule has 1 heterocycles. The van der Waals surface area contributed by atoms with E-state index in [1.54, 1.807) is 0 Å². The molecular weight excluding hydrogens is 302 g/mol. The Morgan fingerprint density at radius 3 is 2.42 bits per heavy atom. The molecule has 24 heavy (non-hydrogen) atoms. The molecule has 3 rings (SSSR count). The van der Waals surface area contributed by atoms with Crippen molar-refractivity contribution in [1.29, 1.82) is 0 Å². The van der Waals surface area contributed by atoms with E-state index in [4.69, 9.17) is 4.42 Å². The Kier molecular flexibility index (Phi) is 4.70. The minimum Gasteiger partial charge on any atom is -0.416 e. The summed E-state index contributed by atoms with van der Waals surface area (Å²) in [5.41, 5.74) is 2.36. The molecule has 3 aromatic rings. The molecule has 5 nitrogen and oxygen atoms in total. The van der Waals surface area contributed by atoms with E-state index in [1.165, 1.54) is 0 Å². The third-order valence-corrected chi connectivity index (χ3v) is 3.88. The Morgan fingerprint density at radius 1 is 1.04 bits per heavy atom. The van der Waals surface area contributed by atoms with Crippen molar-refractivity contribution >= 4 is 11.6 Å². The van der Waals surface area contributed by atoms with Gasteiger partial charge in [-0.1, -0.05) is 38.1 Å². The monoisotopic (exact) mass is 321 g/mol. The van der Waals surface area contributed by atoms with Gasteiger partial charge in [-0.15, -0.1) is 10.2 Å². The predicted octanol–water partition coefficient (Wildman–Crippen LogP) is 4.39. The Balaban J connectivity index is 1.82. The van der Waals surface area contributed by atoms with Gasteiger partial charge < -0.3 is 9.73 Å². The standard InChI is InChI=1S/C19H19N3O2/c1-3-13(2)17(23)20-16-11-7-10-15(12-16)19-22-21-18(24-19)14-8-5-4-6-9-14/h4-13H,3H2,1-2H3,(H,20,23)/t13-/m0/s1. The van der Waals surface area contributed by atoms with E-state index in [1.807, 2.05) is 68.4 Å². The first-order chi connectivity index (χ1) is 11.7. The maximum absolute atomic E-state index is 12.0. The SMILES string of the molecule is CC[C@H](C)C(=O)Nc1cccc(-c2nnc(-c3ccccc3)o2)c1. The third-order valence-electron chi connectivity index (χ3n) is 3.88. The number of hydrogen-bond donors (Lipinski definition) is 1. The van der Waals surface area contributed by atoms with Crippen LogP contribution in [0.3, 0.4) is 0 Å². The lowest BCUT2D eigenvalue weighted by Gasteiger charge is -2.10. The zero-order valence-electron chi connectivity index (χ0n) is 13.7. The normalized spacial score (nSPS) is 11.9. The summed E-state index contributed by atoms with van der Waals surface area (Å²) in [6, 6.07) is 17.0. The van der Waals surface area contributed by atoms with E-state index in [0.717, 1.165) is 23.2 Å². The molecule has 1 aromatic heterocycles. The summed E-state index contributed by atoms with van der Waals surface area (Å²) >= 11 is 0. The average Bonchev–Trinajstić information content (AvgIpc) is 3.12. The van der Waals surface area contributed by atoms with Crippen molar-refractivity contribution in [3.05, 3.63) is 54.6 Å². The lowest BCUT2D eigenvalue weighted by Crippen LogP contribution is -2.19. The molecule has 0 bridgehead atoms. The number of nitrogens with one attached hydrogen (secondary N) is 1. The first-order valence-corrected chi connectivity index (χ1v) is 7.97. The van der Waals surface area contributed by atoms with Crippen molar-refractivity contribution in [2.45, 2.75) is 20.3 Å². The van der Waals surface area contributed by atoms with Crippen molar-refractivity contribution in [2.75, 3.05) is 5.32 Å². The number of hydrogen-bond acceptors (Lipinski definition) is 4. The van der Waals surface area contributed by atoms with Crippen LogP contribution in [0.4, 0.5) is 5.69 Å². The van der Waals surface area contributed by atoms with Crippen LogP contribution in [0, 0.1) is 5.92 Å². The average molecular weight is 321 g/mol. The number of anilines is 1. The third kappa shape index (κ3) is 3.51. The second-order valence-corrected chi connectivity index (χ2v) is 5.66. The zero-order chi connectivity index (χ0) is 16.9. The zero-order valence-corrected chi connectivity index (χ0v) is 13.7. The highest BCUT2D eigenvalue weighted by Crippen LogP contribution is 2.25. The van der Waals surface area contributed by atoms with E-state index in [9.17, 15) is 4.79 Å². The highest BCUT2D eigenvalue weighted by molar-refractivity contribution is 5.92. The van der Waals surface area contributed by atoms with Gasteiger partial charge in [0.05, 0.1) is 0 Å². The number of amides is 1. The van der Waals surface area contributed by atoms with Crippen LogP contribution in [0.15, 0.2) is 59.0 Å². The summed E-state index contributed by atoms with van der Waals surface area (Å²) in [5.74, 6) is 0.875. The summed E-state index contributed by atoms with van der Waals surface area (Å²) in [6.07, 6.45) is 0.801. The van der Waals surface area contributed by atoms with Crippen LogP contribution in [0.25, 0.3) is 22.9 Å². The molecule has 0 aliphatic carbocycles. The van der Waals surface area contributed by atoms with Crippen LogP contribution < -0.4 is 5.32 Å². The molecule has 0 radical (unpaired) electrons. The maximum Gasteiger partial charge on any atom is 0.248 e. The number of carbonyl (C=O) groups excluding carboxylic acids is 1. The number of carbonyl (C=O) groups is 1. The van der Waals surface area contributed by atoms with Gasteiger partial charge in [0.1, 0.15) is 0 Å². The molecule has 0 aliphatic rings. The lowest BCUT2D eigenvalue weighted by molar-refractivity contribution is -0.119. The molecule has 0 aliphatic heterocycles. The summed E-state index contributed by atoms with van der Waals surface area (Å²) in [5, 5.41) is 11.1. The van der Waals surface area contributed by atoms with Crippen molar-refractivity contribution in [3.8, 4) is 22.9 Å². The van der Waals surface area contributed by atoms with Gasteiger partial charge in [0, 0.05) is 22.7 Å². The van der Waals surface area contributed by atoms with Crippen molar-refractivity contribution < 1.29 is 9.21 Å². The minimum absolute atomic E-state index is 0.00477. The fraction of sp³-hybridized carbons (Fsp3) is 0.211. The van der Waals surface area contributed by atoms with Gasteiger partial charge in [0.25, 0.3) is 0 Å². The van der Waals surface area contributed by atoms with Crippen molar-refractivity contribution in [2.24, 2.45) is 5.92 Å². The van der Waals surface area contributed by atoms with Crippen LogP contribution in [0.1, 0.15) is 20.3 Å². The van der Waals surface area contributed by atoms with E-state index >= 15 is 0 Å². The van der Waals surface area contributed by atoms with E-state index in [0.29, 0.717) is 11.8 Å². The smallest absolute Gasteiger partial charge is 0.248 e. The Hall–Kier alpha value is -2.95. The molecule has 0 saturated carbocycles. The second-order valence-electron chi connectivity index (χ2n) is 5.66. The number of aromatic nitrogens is 2. The summed E-state index contributed by atoms with van der Waals surface area (Å²) in [4.78, 5) is 12.0. The van der Waals surface area contributed by atoms with Crippen LogP contribution in [-0.2, 0) is 4.79 Å². The topological polar surface area (TPSA) is 68.0 Å². The van der Waals surface area contributed by atoms with Gasteiger partial charge >= 0.3 is 0 Å². The fourth-order valence-electron chi connectivity index (χ4n) is 2.22. The van der Waals surface area contributed by atoms with Gasteiger partial charge in [-0.05, 0) is 36.8 Å². The predicted molar refractivity (Wildman–Crippen MR) is 93.3 cm³/mol. The molecule has 1 amide bonds. The van der Waals surface area contributed by atoms with Gasteiger partial charge in [-0.3, -0.25) is 4.79 Å². The van der Waals surface area contributed by atoms with Gasteiger partial charge in [-0.2, -0.15) is 0 Å². The van der Waals surface area contributed by atoms with E-state index in [2.05, 4.69) is 15.5 Å². The van der Waals surface area contributed by atoms with Crippen molar-refractivity contribution in [3.63, 3.8) is 0 Å². The summed E-state index contributed by atoms with van der Waals surface area (Å²) < 4.78 is 5.75. The molecule has 5 heteroatoms. The molecule has 0 fully saturated rings. The van der Waals surface area contributed by atoms with E-state index < -0.39 is 0 Å². The Labute approximate surface area is 140 Å². The Bertz CT molecular complexity index is 827. The van der Waals surface area contributed by atoms with Crippen LogP contribution in [0.5, 0.6) is 0 Å². The molecule has 1 N–H and O–H groups in total. The molecule has 122 valence electrons. The molecular formula is C19H19N3O2. The first-order valence-electron chi connectivity index (χ1n) is 7.97. The summed E-state index contributed by atoms with van der Waals surface area (Å²) in [7, 11) is 0. The largest absolute Gasteiger partial charge is 0.416 e. The molecule has 0 saturated heterocycles. The fourth-order valence-corrected chi connectivity index (χ4v) is 2.22. The molecule has 0 unspecified atom stereocenters. The van der Waals surface area contributed by atoms with Crippen LogP contribution >= 0.6 is 0 Å². The molecule has 0 spiro atoms. The van der Waals surface area contributed by atoms with Gasteiger partial charge in [0.15, 0.2) is 0 Å². The van der Waals surface area contributed by atoms with Gasteiger partial charge in [-0.25, -0.2) is 0 Å². The quantitative estimate of drug-likeness (QED) is 0.757.